The van der Waals surface area contributed by atoms with Crippen LogP contribution in [-0.2, 0) is 11.3 Å². The number of hydrogen-bond acceptors (Lipinski definition) is 6. The Morgan fingerprint density at radius 3 is 2.45 bits per heavy atom. The second-order valence-corrected chi connectivity index (χ2v) is 12.3. The van der Waals surface area contributed by atoms with Gasteiger partial charge in [0.25, 0.3) is 5.91 Å². The van der Waals surface area contributed by atoms with Gasteiger partial charge in [0.05, 0.1) is 12.0 Å². The minimum Gasteiger partial charge on any atom is -0.494 e. The van der Waals surface area contributed by atoms with Gasteiger partial charge in [-0.25, -0.2) is 0 Å². The van der Waals surface area contributed by atoms with Gasteiger partial charge in [0.1, 0.15) is 11.3 Å². The molecule has 8 nitrogen and oxygen atoms in total. The van der Waals surface area contributed by atoms with E-state index in [1.165, 1.54) is 28.5 Å². The fraction of sp³-hybridized carbons (Fsp3) is 0.342. The molecule has 0 atom stereocenters. The van der Waals surface area contributed by atoms with Crippen LogP contribution in [0.25, 0.3) is 11.0 Å². The molecular formula is C38H42ClN3O5. The number of anilines is 1. The number of benzene rings is 3. The van der Waals surface area contributed by atoms with Crippen LogP contribution >= 0.6 is 11.6 Å². The van der Waals surface area contributed by atoms with E-state index in [4.69, 9.17) is 20.8 Å². The average molecular weight is 656 g/mol. The molecule has 0 radical (unpaired) electrons. The van der Waals surface area contributed by atoms with E-state index in [2.05, 4.69) is 34.5 Å². The van der Waals surface area contributed by atoms with E-state index >= 15 is 0 Å². The van der Waals surface area contributed by atoms with Crippen LogP contribution in [-0.4, -0.2) is 49.5 Å². The second kappa shape index (κ2) is 16.3. The van der Waals surface area contributed by atoms with Crippen molar-refractivity contribution in [2.75, 3.05) is 37.7 Å². The molecule has 6 rings (SSSR count). The Balaban J connectivity index is 0.000000474. The number of carbonyl (C=O) groups is 2. The molecule has 2 fully saturated rings. The first-order valence-electron chi connectivity index (χ1n) is 16.3. The smallest absolute Gasteiger partial charge is 0.287 e. The fourth-order valence-electron chi connectivity index (χ4n) is 5.73. The van der Waals surface area contributed by atoms with Gasteiger partial charge in [-0.3, -0.25) is 14.4 Å². The van der Waals surface area contributed by atoms with Gasteiger partial charge in [-0.1, -0.05) is 66.1 Å². The lowest BCUT2D eigenvalue weighted by atomic mass is 10.0. The van der Waals surface area contributed by atoms with E-state index in [1.807, 2.05) is 49.1 Å². The zero-order valence-electron chi connectivity index (χ0n) is 27.1. The number of likely N-dealkylation sites (tertiary alicyclic amines) is 1. The van der Waals surface area contributed by atoms with Crippen LogP contribution in [0.4, 0.5) is 5.69 Å². The molecule has 0 saturated carbocycles. The summed E-state index contributed by atoms with van der Waals surface area (Å²) in [5.74, 6) is 0.428. The predicted octanol–water partition coefficient (Wildman–Crippen LogP) is 7.31. The van der Waals surface area contributed by atoms with Crippen molar-refractivity contribution in [3.63, 3.8) is 0 Å². The lowest BCUT2D eigenvalue weighted by molar-refractivity contribution is -0.128. The van der Waals surface area contributed by atoms with Gasteiger partial charge < -0.3 is 24.3 Å². The number of fused-ring (bicyclic) bond motifs is 1. The third-order valence-electron chi connectivity index (χ3n) is 8.33. The maximum Gasteiger partial charge on any atom is 0.287 e. The summed E-state index contributed by atoms with van der Waals surface area (Å²) in [7, 11) is 0. The van der Waals surface area contributed by atoms with E-state index in [0.717, 1.165) is 50.3 Å². The van der Waals surface area contributed by atoms with Crippen molar-refractivity contribution in [1.82, 2.24) is 10.2 Å². The fourth-order valence-corrected chi connectivity index (χ4v) is 5.86. The molecule has 9 heteroatoms. The Morgan fingerprint density at radius 2 is 1.74 bits per heavy atom. The van der Waals surface area contributed by atoms with Gasteiger partial charge in [-0.15, -0.1) is 0 Å². The molecule has 2 aliphatic rings. The number of carbonyl (C=O) groups excluding carboxylic acids is 2. The Labute approximate surface area is 281 Å². The number of piperidine rings is 1. The van der Waals surface area contributed by atoms with Crippen LogP contribution in [0.1, 0.15) is 60.7 Å². The van der Waals surface area contributed by atoms with Crippen molar-refractivity contribution in [2.45, 2.75) is 52.5 Å². The lowest BCUT2D eigenvalue weighted by Crippen LogP contribution is -2.33. The molecule has 1 N–H and O–H groups in total. The molecule has 2 amide bonds. The van der Waals surface area contributed by atoms with Crippen LogP contribution in [0.5, 0.6) is 5.75 Å². The number of para-hydroxylation sites is 1. The van der Waals surface area contributed by atoms with Crippen molar-refractivity contribution in [3.8, 4) is 5.75 Å². The van der Waals surface area contributed by atoms with Crippen LogP contribution < -0.4 is 20.4 Å². The van der Waals surface area contributed by atoms with Gasteiger partial charge in [0.2, 0.25) is 5.91 Å². The molecule has 4 aromatic rings. The second-order valence-electron chi connectivity index (χ2n) is 11.9. The Bertz CT molecular complexity index is 1750. The molecule has 2 aliphatic heterocycles. The summed E-state index contributed by atoms with van der Waals surface area (Å²) in [5, 5.41) is 4.04. The molecule has 47 heavy (non-hydrogen) atoms. The highest BCUT2D eigenvalue weighted by Crippen LogP contribution is 2.28. The topological polar surface area (TPSA) is 92.1 Å². The molecule has 0 spiro atoms. The lowest BCUT2D eigenvalue weighted by Gasteiger charge is -2.33. The van der Waals surface area contributed by atoms with Crippen molar-refractivity contribution in [1.29, 1.82) is 0 Å². The summed E-state index contributed by atoms with van der Waals surface area (Å²) < 4.78 is 11.3. The molecule has 246 valence electrons. The van der Waals surface area contributed by atoms with Crippen molar-refractivity contribution >= 4 is 40.1 Å². The first kappa shape index (κ1) is 33.8. The Hall–Kier alpha value is -4.56. The number of aryl methyl sites for hydroxylation is 1. The largest absolute Gasteiger partial charge is 0.494 e. The number of nitrogens with zero attached hydrogens (tertiary/aromatic N) is 2. The van der Waals surface area contributed by atoms with Crippen molar-refractivity contribution < 1.29 is 18.7 Å². The van der Waals surface area contributed by atoms with Crippen LogP contribution in [0.3, 0.4) is 0 Å². The Morgan fingerprint density at radius 1 is 0.979 bits per heavy atom. The third-order valence-corrected chi connectivity index (χ3v) is 8.58. The number of amides is 2. The van der Waals surface area contributed by atoms with Crippen molar-refractivity contribution in [2.24, 2.45) is 0 Å². The minimum absolute atomic E-state index is 0.00367. The van der Waals surface area contributed by atoms with Crippen LogP contribution in [0, 0.1) is 6.92 Å². The highest BCUT2D eigenvalue weighted by Gasteiger charge is 2.23. The summed E-state index contributed by atoms with van der Waals surface area (Å²) >= 11 is 5.61. The molecule has 3 aromatic carbocycles. The summed E-state index contributed by atoms with van der Waals surface area (Å²) in [6, 6.07) is 22.4. The van der Waals surface area contributed by atoms with E-state index in [1.54, 1.807) is 18.2 Å². The van der Waals surface area contributed by atoms with Crippen molar-refractivity contribution in [3.05, 3.63) is 117 Å². The van der Waals surface area contributed by atoms with Gasteiger partial charge in [-0.05, 0) is 74.6 Å². The molecule has 0 bridgehead atoms. The number of rotatable bonds is 9. The van der Waals surface area contributed by atoms with E-state index in [9.17, 15) is 14.4 Å². The molecule has 2 saturated heterocycles. The normalized spacial score (nSPS) is 14.5. The van der Waals surface area contributed by atoms with Gasteiger partial charge in [0, 0.05) is 55.9 Å². The first-order valence-corrected chi connectivity index (χ1v) is 16.7. The number of hydrogen-bond donors (Lipinski definition) is 1. The average Bonchev–Trinajstić information content (AvgIpc) is 3.49. The van der Waals surface area contributed by atoms with Gasteiger partial charge >= 0.3 is 0 Å². The molecule has 0 aliphatic carbocycles. The van der Waals surface area contributed by atoms with E-state index < -0.39 is 5.91 Å². The number of halogens is 1. The summed E-state index contributed by atoms with van der Waals surface area (Å²) in [4.78, 5) is 41.8. The van der Waals surface area contributed by atoms with E-state index in [-0.39, 0.29) is 17.1 Å². The zero-order valence-corrected chi connectivity index (χ0v) is 27.9. The number of nitrogens with one attached hydrogen (secondary N) is 1. The minimum atomic E-state index is -0.417. The summed E-state index contributed by atoms with van der Waals surface area (Å²) in [6.45, 7) is 8.26. The van der Waals surface area contributed by atoms with E-state index in [0.29, 0.717) is 42.8 Å². The van der Waals surface area contributed by atoms with Gasteiger partial charge in [-0.2, -0.15) is 0 Å². The highest BCUT2D eigenvalue weighted by molar-refractivity contribution is 6.30. The van der Waals surface area contributed by atoms with Crippen LogP contribution in [0.2, 0.25) is 5.02 Å². The summed E-state index contributed by atoms with van der Waals surface area (Å²) in [6.07, 6.45) is 6.33. The third kappa shape index (κ3) is 9.26. The monoisotopic (exact) mass is 655 g/mol. The standard InChI is InChI=1S/C31H35N3O5.C7H7Cl/c1-2-18-38-24-9-10-28-25(19-24)27(35)20-29(39-28)31(37)32-14-11-22-12-16-33(17-13-22)26-7-4-3-6-23(26)21-34-15-5-8-30(34)36;1-6-2-4-7(8)5-3-6/h3-4,6-7,9-11,19-20H,2,5,8,12-18,21H2,1H3,(H,32,37);2-5H,1H3. The maximum absolute atomic E-state index is 12.7. The zero-order chi connectivity index (χ0) is 33.2. The van der Waals surface area contributed by atoms with Gasteiger partial charge in [0.15, 0.2) is 11.2 Å². The maximum atomic E-state index is 12.7. The molecular weight excluding hydrogens is 614 g/mol. The molecule has 0 unspecified atom stereocenters. The predicted molar refractivity (Wildman–Crippen MR) is 187 cm³/mol. The number of ether oxygens (including phenoxy) is 1. The molecule has 3 heterocycles. The first-order chi connectivity index (χ1) is 22.8. The summed E-state index contributed by atoms with van der Waals surface area (Å²) in [5.41, 5.74) is 5.00. The Kier molecular flexibility index (Phi) is 11.7. The SMILES string of the molecule is CCCOc1ccc2oc(C(=O)NCC=C3CCN(c4ccccc4CN4CCCC4=O)CC3)cc(=O)c2c1.Cc1ccc(Cl)cc1. The molecule has 1 aromatic heterocycles. The quantitative estimate of drug-likeness (QED) is 0.190. The van der Waals surface area contributed by atoms with Crippen LogP contribution in [0.15, 0.2) is 93.7 Å². The highest BCUT2D eigenvalue weighted by atomic mass is 35.5.